The summed E-state index contributed by atoms with van der Waals surface area (Å²) in [4.78, 5) is 45.1. The average Bonchev–Trinajstić information content (AvgIpc) is 1.51. The Hall–Kier alpha value is -3.24. The first-order valence-corrected chi connectivity index (χ1v) is 49.3. The molecule has 16 bridgehead atoms. The van der Waals surface area contributed by atoms with Crippen LogP contribution in [0, 0.1) is 11.8 Å². The van der Waals surface area contributed by atoms with E-state index in [1.807, 2.05) is 27.7 Å². The molecule has 50 heteroatoms. The molecule has 42 nitrogen and oxygen atoms in total. The van der Waals surface area contributed by atoms with Gasteiger partial charge in [0, 0.05) is 90.4 Å². The maximum absolute atomic E-state index is 12.1. The highest BCUT2D eigenvalue weighted by Gasteiger charge is 2.81. The number of hydrogen-bond donors (Lipinski definition) is 2. The molecule has 34 unspecified atom stereocenters. The van der Waals surface area contributed by atoms with Crippen LogP contribution in [0.2, 0.25) is 0 Å². The molecular weight excluding hydrogens is 1710 g/mol. The maximum Gasteiger partial charge on any atom is 0.332 e. The summed E-state index contributed by atoms with van der Waals surface area (Å²) < 4.78 is 287. The van der Waals surface area contributed by atoms with Crippen molar-refractivity contribution in [3.05, 3.63) is 0 Å². The van der Waals surface area contributed by atoms with Gasteiger partial charge >= 0.3 is 23.9 Å². The molecule has 0 amide bonds. The predicted molar refractivity (Wildman–Crippen MR) is 372 cm³/mol. The Morgan fingerprint density at radius 1 is 0.417 bits per heavy atom. The van der Waals surface area contributed by atoms with Crippen LogP contribution in [0.3, 0.4) is 0 Å². The summed E-state index contributed by atoms with van der Waals surface area (Å²) in [5, 5.41) is 14.7. The first kappa shape index (κ1) is 84.0. The molecule has 24 fully saturated rings. The van der Waals surface area contributed by atoms with Crippen LogP contribution < -0.4 is 0 Å². The molecule has 34 atom stereocenters. The molecule has 24 rings (SSSR count). The van der Waals surface area contributed by atoms with Gasteiger partial charge in [-0.2, -0.15) is 67.3 Å². The number of aliphatic hydroxyl groups excluding tert-OH is 2. The van der Waals surface area contributed by atoms with Gasteiger partial charge in [-0.1, -0.05) is 6.92 Å². The van der Waals surface area contributed by atoms with Gasteiger partial charge in [0.15, 0.2) is 0 Å². The summed E-state index contributed by atoms with van der Waals surface area (Å²) in [6, 6.07) is 0. The van der Waals surface area contributed by atoms with E-state index >= 15 is 0 Å². The molecule has 650 valence electrons. The van der Waals surface area contributed by atoms with Crippen LogP contribution in [-0.2, 0) is 190 Å². The fourth-order valence-corrected chi connectivity index (χ4v) is 37.9. The normalized spacial score (nSPS) is 53.4. The van der Waals surface area contributed by atoms with Crippen LogP contribution in [0.4, 0.5) is 0 Å². The molecule has 0 radical (unpaired) electrons. The minimum atomic E-state index is -3.90. The Balaban J connectivity index is 0.0000000953. The standard InChI is InChI=1S/C12H16O8S.C8H12O6S.2C8H10O6S.C8H12O4S.3C7H10O4S/c1-7(13)17-5-11-3-9-12(20-11,6-18-8(2)14)10(4-11)21(15,16)19-9;9-3-7-1-5-8(4-10,14-7)6(2-7)15(11,12)13-5;1-12-7(9)8-3-4-2-5(6(8)13-4)14-15(8,10)11;1-12-8(9)5-3-2-4-6(13-3)7(5)15(10,11)14-4;1-7-3-5-8(2,12-7)6(4-7)13(9,10)11-5;1-7-3-4-2-5(6(7)10-4)11-12(7,8)9;1-7-5-2-4(10-7)3-6(7)12(8,9)11-5;1-3-4-2-5-6(10-4)7(3)12(8,9)11-5/h9-10H,3-6H2,1-2H3;5-6,9-10H,1-4H2;4-6H,2-3H2,1H3;3-7H,2H2,1H3;5-6H,3-4H2,1-2H3;2*4-6H,2-3H2,1H3;3-7H,2H2,1H3. The van der Waals surface area contributed by atoms with Crippen molar-refractivity contribution < 1.29 is 187 Å². The van der Waals surface area contributed by atoms with Gasteiger partial charge in [0.05, 0.1) is 69.2 Å². The van der Waals surface area contributed by atoms with Crippen molar-refractivity contribution in [2.45, 2.75) is 322 Å². The van der Waals surface area contributed by atoms with Gasteiger partial charge in [-0.15, -0.1) is 0 Å². The Morgan fingerprint density at radius 2 is 0.939 bits per heavy atom. The molecule has 24 aliphatic heterocycles. The topological polar surface area (TPSA) is 566 Å². The zero-order valence-corrected chi connectivity index (χ0v) is 69.7. The summed E-state index contributed by atoms with van der Waals surface area (Å²) >= 11 is 0. The highest BCUT2D eigenvalue weighted by Crippen LogP contribution is 2.64. The van der Waals surface area contributed by atoms with E-state index in [1.165, 1.54) is 28.1 Å². The van der Waals surface area contributed by atoms with E-state index in [1.54, 1.807) is 6.92 Å². The molecule has 115 heavy (non-hydrogen) atoms. The third kappa shape index (κ3) is 12.3. The minimum Gasteiger partial charge on any atom is -0.469 e. The smallest absolute Gasteiger partial charge is 0.332 e. The molecule has 24 heterocycles. The largest absolute Gasteiger partial charge is 0.469 e. The van der Waals surface area contributed by atoms with Crippen molar-refractivity contribution in [3.8, 4) is 0 Å². The van der Waals surface area contributed by atoms with Crippen LogP contribution in [-0.4, -0.2) is 326 Å². The highest BCUT2D eigenvalue weighted by atomic mass is 32.3. The molecule has 0 aromatic rings. The van der Waals surface area contributed by atoms with Crippen LogP contribution >= 0.6 is 0 Å². The monoisotopic (exact) mass is 1800 g/mol. The van der Waals surface area contributed by atoms with E-state index in [2.05, 4.69) is 9.47 Å². The Labute approximate surface area is 662 Å². The van der Waals surface area contributed by atoms with Gasteiger partial charge in [0.1, 0.15) is 157 Å². The fraction of sp³-hybridized carbons (Fsp3) is 0.938. The zero-order valence-electron chi connectivity index (χ0n) is 63.2. The van der Waals surface area contributed by atoms with E-state index in [0.29, 0.717) is 44.9 Å². The van der Waals surface area contributed by atoms with E-state index in [9.17, 15) is 96.7 Å². The van der Waals surface area contributed by atoms with E-state index in [-0.39, 0.29) is 136 Å². The summed E-state index contributed by atoms with van der Waals surface area (Å²) in [6.45, 7) is 11.0. The molecule has 0 aromatic carbocycles. The van der Waals surface area contributed by atoms with Crippen molar-refractivity contribution in [3.63, 3.8) is 0 Å². The number of hydrogen-bond acceptors (Lipinski definition) is 42. The van der Waals surface area contributed by atoms with Crippen LogP contribution in [0.15, 0.2) is 0 Å². The lowest BCUT2D eigenvalue weighted by atomic mass is 9.80. The second-order valence-corrected chi connectivity index (χ2v) is 49.2. The zero-order chi connectivity index (χ0) is 83.1. The van der Waals surface area contributed by atoms with Gasteiger partial charge in [-0.05, 0) is 47.0 Å². The van der Waals surface area contributed by atoms with Crippen LogP contribution in [0.25, 0.3) is 0 Å². The van der Waals surface area contributed by atoms with E-state index < -0.39 is 217 Å². The summed E-state index contributed by atoms with van der Waals surface area (Å²) in [5.74, 6) is -2.89. The number of methoxy groups -OCH3 is 2. The van der Waals surface area contributed by atoms with Gasteiger partial charge in [0.2, 0.25) is 4.75 Å². The van der Waals surface area contributed by atoms with Crippen LogP contribution in [0.1, 0.15) is 138 Å². The lowest BCUT2D eigenvalue weighted by molar-refractivity contribution is -0.161. The Kier molecular flexibility index (Phi) is 19.5. The van der Waals surface area contributed by atoms with Crippen molar-refractivity contribution in [1.82, 2.24) is 0 Å². The van der Waals surface area contributed by atoms with Gasteiger partial charge in [-0.3, -0.25) is 52.6 Å². The first-order chi connectivity index (χ1) is 53.2. The maximum atomic E-state index is 12.1. The van der Waals surface area contributed by atoms with Gasteiger partial charge < -0.3 is 67.1 Å². The molecular formula is C65H90O42S8. The predicted octanol–water partition coefficient (Wildman–Crippen LogP) is -3.50. The Bertz CT molecular complexity index is 5050. The third-order valence-electron chi connectivity index (χ3n) is 27.9. The van der Waals surface area contributed by atoms with Crippen molar-refractivity contribution in [2.75, 3.05) is 40.6 Å². The molecule has 24 saturated heterocycles. The lowest BCUT2D eigenvalue weighted by Crippen LogP contribution is -2.51. The summed E-state index contributed by atoms with van der Waals surface area (Å²) in [5.41, 5.74) is -5.43. The number of fused-ring (bicyclic) bond motifs is 8. The number of carbonyl (C=O) groups is 4. The molecule has 0 aromatic heterocycles. The quantitative estimate of drug-likeness (QED) is 0.135. The number of carbonyl (C=O) groups excluding carboxylic acids is 4. The third-order valence-corrected chi connectivity index (χ3v) is 42.8. The minimum absolute atomic E-state index is 0.0317. The fourth-order valence-electron chi connectivity index (χ4n) is 22.8. The lowest BCUT2D eigenvalue weighted by Gasteiger charge is -2.26. The number of ether oxygens (including phenoxy) is 12. The van der Waals surface area contributed by atoms with Gasteiger partial charge in [-0.25, -0.2) is 0 Å². The molecule has 0 saturated carbocycles. The molecule has 0 spiro atoms. The molecule has 24 aliphatic rings. The first-order valence-electron chi connectivity index (χ1n) is 37.7. The van der Waals surface area contributed by atoms with E-state index in [0.717, 1.165) is 19.3 Å². The van der Waals surface area contributed by atoms with Crippen LogP contribution in [0.5, 0.6) is 0 Å². The summed E-state index contributed by atoms with van der Waals surface area (Å²) in [7, 11) is -25.9. The second kappa shape index (κ2) is 26.7. The van der Waals surface area contributed by atoms with Crippen molar-refractivity contribution in [1.29, 1.82) is 0 Å². The average molecular weight is 1800 g/mol. The van der Waals surface area contributed by atoms with Crippen molar-refractivity contribution >= 4 is 105 Å². The second-order valence-electron chi connectivity index (χ2n) is 34.9. The Morgan fingerprint density at radius 3 is 1.44 bits per heavy atom. The van der Waals surface area contributed by atoms with E-state index in [4.69, 9.17) is 80.8 Å². The highest BCUT2D eigenvalue weighted by molar-refractivity contribution is 7.90. The number of aliphatic hydroxyl groups is 2. The SMILES string of the molecule is CC(=O)OCC12CC3OS(=O)(=O)C(C1)C3(COC(C)=O)O2.CC12CC3CC(OS1(=O)=O)C2O3.CC12CC3OS(=O)(=O)C(C1)C3(C)O2.CC12OC3CC1OS(=O)(=O)C2C3.CC1C2CC3OS(=O)(=O)C1C3O2.COC(=O)C12CC3CC(OS1(=O)=O)C2O3.COC(=O)C1C2CC3OS(=O)(=O)C1C3O2.O=S1(=O)OC2CC3(CO)CC1C2(CO)O3. The molecule has 2 N–H and O–H groups in total. The molecule has 0 aliphatic carbocycles. The van der Waals surface area contributed by atoms with Crippen molar-refractivity contribution in [2.24, 2.45) is 11.8 Å². The summed E-state index contributed by atoms with van der Waals surface area (Å²) in [6.07, 6.45) is 2.07. The number of rotatable bonds is 8. The van der Waals surface area contributed by atoms with Gasteiger partial charge in [0.25, 0.3) is 80.9 Å². The number of esters is 4.